The van der Waals surface area contributed by atoms with Gasteiger partial charge in [0.2, 0.25) is 0 Å². The lowest BCUT2D eigenvalue weighted by atomic mass is 9.78. The Kier molecular flexibility index (Phi) is 3.42. The average Bonchev–Trinajstić information content (AvgIpc) is 2.29. The van der Waals surface area contributed by atoms with Crippen molar-refractivity contribution in [3.05, 3.63) is 35.4 Å². The zero-order valence-electron chi connectivity index (χ0n) is 9.58. The molecular weight excluding hydrogens is 182 g/mol. The van der Waals surface area contributed by atoms with Crippen LogP contribution in [0.3, 0.4) is 0 Å². The highest BCUT2D eigenvalue weighted by molar-refractivity contribution is 5.32. The Hall–Kier alpha value is -0.820. The van der Waals surface area contributed by atoms with Crippen LogP contribution in [0.25, 0.3) is 0 Å². The Bertz CT molecular complexity index is 319. The Morgan fingerprint density at radius 1 is 1.40 bits per heavy atom. The predicted octanol–water partition coefficient (Wildman–Crippen LogP) is 3.09. The molecule has 0 heterocycles. The van der Waals surface area contributed by atoms with Gasteiger partial charge in [0.05, 0.1) is 0 Å². The summed E-state index contributed by atoms with van der Waals surface area (Å²) in [6, 6.07) is 8.93. The van der Waals surface area contributed by atoms with Gasteiger partial charge in [-0.1, -0.05) is 31.2 Å². The van der Waals surface area contributed by atoms with Crippen molar-refractivity contribution in [2.45, 2.75) is 38.5 Å². The van der Waals surface area contributed by atoms with Gasteiger partial charge >= 0.3 is 0 Å². The maximum absolute atomic E-state index is 5.71. The molecule has 1 aliphatic carbocycles. The Morgan fingerprint density at radius 2 is 2.20 bits per heavy atom. The monoisotopic (exact) mass is 203 g/mol. The highest BCUT2D eigenvalue weighted by Gasteiger charge is 2.20. The van der Waals surface area contributed by atoms with E-state index in [4.69, 9.17) is 5.73 Å². The number of benzene rings is 1. The van der Waals surface area contributed by atoms with Crippen LogP contribution in [0.15, 0.2) is 24.3 Å². The van der Waals surface area contributed by atoms with Gasteiger partial charge in [0.1, 0.15) is 0 Å². The van der Waals surface area contributed by atoms with Crippen LogP contribution in [-0.2, 0) is 6.42 Å². The molecule has 0 saturated carbocycles. The average molecular weight is 203 g/mol. The molecule has 0 radical (unpaired) electrons. The number of fused-ring (bicyclic) bond motifs is 1. The molecule has 0 bridgehead atoms. The molecule has 1 aromatic rings. The first kappa shape index (κ1) is 10.7. The molecule has 1 heteroatoms. The Balaban J connectivity index is 2.15. The molecule has 1 aliphatic rings. The summed E-state index contributed by atoms with van der Waals surface area (Å²) in [5.41, 5.74) is 8.86. The molecule has 2 rings (SSSR count). The van der Waals surface area contributed by atoms with Crippen molar-refractivity contribution in [3.8, 4) is 0 Å². The molecular formula is C14H21N. The van der Waals surface area contributed by atoms with E-state index in [0.29, 0.717) is 5.92 Å². The number of rotatable bonds is 3. The summed E-state index contributed by atoms with van der Waals surface area (Å²) >= 11 is 0. The Morgan fingerprint density at radius 3 is 3.00 bits per heavy atom. The minimum absolute atomic E-state index is 0.654. The van der Waals surface area contributed by atoms with Gasteiger partial charge in [0, 0.05) is 0 Å². The van der Waals surface area contributed by atoms with Crippen LogP contribution >= 0.6 is 0 Å². The maximum Gasteiger partial charge on any atom is -0.00513 e. The number of aryl methyl sites for hydroxylation is 1. The third-order valence-corrected chi connectivity index (χ3v) is 3.58. The summed E-state index contributed by atoms with van der Waals surface area (Å²) in [6.45, 7) is 3.08. The summed E-state index contributed by atoms with van der Waals surface area (Å²) in [7, 11) is 0. The third kappa shape index (κ3) is 2.40. The first-order chi connectivity index (χ1) is 7.31. The molecule has 0 aromatic heterocycles. The molecule has 0 fully saturated rings. The highest BCUT2D eigenvalue weighted by atomic mass is 14.5. The third-order valence-electron chi connectivity index (χ3n) is 3.58. The van der Waals surface area contributed by atoms with Crippen LogP contribution in [0.4, 0.5) is 0 Å². The normalized spacial score (nSPS) is 22.1. The van der Waals surface area contributed by atoms with Gasteiger partial charge in [-0.15, -0.1) is 0 Å². The minimum atomic E-state index is 0.654. The van der Waals surface area contributed by atoms with E-state index in [1.165, 1.54) is 25.7 Å². The first-order valence-corrected chi connectivity index (χ1v) is 6.09. The molecule has 0 spiro atoms. The molecule has 0 saturated heterocycles. The van der Waals surface area contributed by atoms with Gasteiger partial charge in [-0.25, -0.2) is 0 Å². The first-order valence-electron chi connectivity index (χ1n) is 6.09. The predicted molar refractivity (Wildman–Crippen MR) is 65.0 cm³/mol. The second-order valence-corrected chi connectivity index (χ2v) is 4.86. The molecule has 1 aromatic carbocycles. The fourth-order valence-corrected chi connectivity index (χ4v) is 2.68. The molecule has 2 atom stereocenters. The summed E-state index contributed by atoms with van der Waals surface area (Å²) in [6.07, 6.45) is 5.22. The summed E-state index contributed by atoms with van der Waals surface area (Å²) in [5.74, 6) is 1.41. The quantitative estimate of drug-likeness (QED) is 0.802. The topological polar surface area (TPSA) is 26.0 Å². The lowest BCUT2D eigenvalue weighted by Gasteiger charge is -2.27. The van der Waals surface area contributed by atoms with Crippen LogP contribution in [0.1, 0.15) is 43.2 Å². The van der Waals surface area contributed by atoms with E-state index in [9.17, 15) is 0 Å². The summed E-state index contributed by atoms with van der Waals surface area (Å²) < 4.78 is 0. The summed E-state index contributed by atoms with van der Waals surface area (Å²) in [4.78, 5) is 0. The van der Waals surface area contributed by atoms with E-state index in [0.717, 1.165) is 12.5 Å². The second-order valence-electron chi connectivity index (χ2n) is 4.86. The molecule has 82 valence electrons. The largest absolute Gasteiger partial charge is 0.330 e. The molecule has 1 nitrogen and oxygen atoms in total. The van der Waals surface area contributed by atoms with E-state index in [2.05, 4.69) is 31.2 Å². The van der Waals surface area contributed by atoms with E-state index >= 15 is 0 Å². The lowest BCUT2D eigenvalue weighted by Crippen LogP contribution is -2.17. The zero-order valence-corrected chi connectivity index (χ0v) is 9.58. The van der Waals surface area contributed by atoms with Gasteiger partial charge in [-0.2, -0.15) is 0 Å². The van der Waals surface area contributed by atoms with Crippen molar-refractivity contribution in [1.29, 1.82) is 0 Å². The van der Waals surface area contributed by atoms with Gasteiger partial charge in [-0.3, -0.25) is 0 Å². The maximum atomic E-state index is 5.71. The smallest absolute Gasteiger partial charge is 0.00513 e. The molecule has 0 aliphatic heterocycles. The fraction of sp³-hybridized carbons (Fsp3) is 0.571. The minimum Gasteiger partial charge on any atom is -0.330 e. The zero-order chi connectivity index (χ0) is 10.7. The molecule has 15 heavy (non-hydrogen) atoms. The van der Waals surface area contributed by atoms with E-state index in [-0.39, 0.29) is 0 Å². The molecule has 2 unspecified atom stereocenters. The van der Waals surface area contributed by atoms with Crippen molar-refractivity contribution in [2.75, 3.05) is 6.54 Å². The number of hydrogen-bond donors (Lipinski definition) is 1. The van der Waals surface area contributed by atoms with E-state index in [1.807, 2.05) is 0 Å². The summed E-state index contributed by atoms with van der Waals surface area (Å²) in [5, 5.41) is 0. The van der Waals surface area contributed by atoms with Crippen LogP contribution in [0, 0.1) is 5.92 Å². The highest BCUT2D eigenvalue weighted by Crippen LogP contribution is 2.35. The van der Waals surface area contributed by atoms with Crippen molar-refractivity contribution in [2.24, 2.45) is 11.7 Å². The SMILES string of the molecule is CC(CN)CC1CCCc2ccccc21. The van der Waals surface area contributed by atoms with Crippen LogP contribution in [-0.4, -0.2) is 6.54 Å². The van der Waals surface area contributed by atoms with E-state index < -0.39 is 0 Å². The van der Waals surface area contributed by atoms with Gasteiger partial charge in [0.25, 0.3) is 0 Å². The second kappa shape index (κ2) is 4.80. The molecule has 2 N–H and O–H groups in total. The van der Waals surface area contributed by atoms with Gasteiger partial charge < -0.3 is 5.73 Å². The van der Waals surface area contributed by atoms with Crippen molar-refractivity contribution >= 4 is 0 Å². The molecule has 0 amide bonds. The van der Waals surface area contributed by atoms with Gasteiger partial charge in [0.15, 0.2) is 0 Å². The van der Waals surface area contributed by atoms with Crippen molar-refractivity contribution in [1.82, 2.24) is 0 Å². The van der Waals surface area contributed by atoms with Crippen LogP contribution < -0.4 is 5.73 Å². The van der Waals surface area contributed by atoms with Crippen molar-refractivity contribution in [3.63, 3.8) is 0 Å². The lowest BCUT2D eigenvalue weighted by molar-refractivity contribution is 0.431. The van der Waals surface area contributed by atoms with Crippen molar-refractivity contribution < 1.29 is 0 Å². The fourth-order valence-electron chi connectivity index (χ4n) is 2.68. The number of nitrogens with two attached hydrogens (primary N) is 1. The standard InChI is InChI=1S/C14H21N/c1-11(10-15)9-13-7-4-6-12-5-2-3-8-14(12)13/h2-3,5,8,11,13H,4,6-7,9-10,15H2,1H3. The number of hydrogen-bond acceptors (Lipinski definition) is 1. The van der Waals surface area contributed by atoms with E-state index in [1.54, 1.807) is 11.1 Å². The van der Waals surface area contributed by atoms with Crippen LogP contribution in [0.2, 0.25) is 0 Å². The Labute approximate surface area is 92.7 Å². The van der Waals surface area contributed by atoms with Crippen LogP contribution in [0.5, 0.6) is 0 Å². The van der Waals surface area contributed by atoms with Gasteiger partial charge in [-0.05, 0) is 55.2 Å².